The number of rotatable bonds is 4. The van der Waals surface area contributed by atoms with Crippen molar-refractivity contribution in [2.24, 2.45) is 0 Å². The molecular formula is C15H22N4OS. The molecule has 5 nitrogen and oxygen atoms in total. The monoisotopic (exact) mass is 306 g/mol. The van der Waals surface area contributed by atoms with Gasteiger partial charge in [0.1, 0.15) is 0 Å². The Labute approximate surface area is 129 Å². The molecule has 0 saturated heterocycles. The molecule has 2 rings (SSSR count). The van der Waals surface area contributed by atoms with Crippen molar-refractivity contribution in [3.63, 3.8) is 0 Å². The lowest BCUT2D eigenvalue weighted by atomic mass is 10.1. The largest absolute Gasteiger partial charge is 0.313 e. The number of H-pyrrole nitrogens is 1. The molecule has 0 amide bonds. The van der Waals surface area contributed by atoms with Gasteiger partial charge in [0.25, 0.3) is 5.56 Å². The van der Waals surface area contributed by atoms with Crippen molar-refractivity contribution in [1.82, 2.24) is 19.3 Å². The number of hydrogen-bond acceptors (Lipinski definition) is 3. The zero-order chi connectivity index (χ0) is 15.7. The Hall–Kier alpha value is -1.69. The molecule has 0 bridgehead atoms. The van der Waals surface area contributed by atoms with Crippen molar-refractivity contribution in [3.8, 4) is 11.4 Å². The van der Waals surface area contributed by atoms with E-state index in [9.17, 15) is 4.79 Å². The molecule has 21 heavy (non-hydrogen) atoms. The summed E-state index contributed by atoms with van der Waals surface area (Å²) in [6.45, 7) is 10.7. The highest BCUT2D eigenvalue weighted by Gasteiger charge is 2.19. The first-order valence-corrected chi connectivity index (χ1v) is 7.71. The first-order valence-electron chi connectivity index (χ1n) is 7.30. The summed E-state index contributed by atoms with van der Waals surface area (Å²) in [7, 11) is 0. The van der Waals surface area contributed by atoms with Gasteiger partial charge >= 0.3 is 0 Å². The van der Waals surface area contributed by atoms with Gasteiger partial charge < -0.3 is 4.57 Å². The van der Waals surface area contributed by atoms with Crippen molar-refractivity contribution in [2.45, 2.75) is 53.6 Å². The summed E-state index contributed by atoms with van der Waals surface area (Å²) in [6.07, 6.45) is 0.924. The van der Waals surface area contributed by atoms with Crippen LogP contribution in [0, 0.1) is 18.6 Å². The van der Waals surface area contributed by atoms with Gasteiger partial charge in [-0.25, -0.2) is 0 Å². The maximum absolute atomic E-state index is 12.8. The third-order valence-electron chi connectivity index (χ3n) is 3.98. The van der Waals surface area contributed by atoms with E-state index in [0.29, 0.717) is 22.7 Å². The highest BCUT2D eigenvalue weighted by atomic mass is 32.1. The summed E-state index contributed by atoms with van der Waals surface area (Å²) in [6, 6.07) is 2.22. The second-order valence-electron chi connectivity index (χ2n) is 5.37. The second kappa shape index (κ2) is 5.97. The Morgan fingerprint density at radius 2 is 2.05 bits per heavy atom. The van der Waals surface area contributed by atoms with Crippen molar-refractivity contribution in [3.05, 3.63) is 32.4 Å². The molecule has 0 fully saturated rings. The van der Waals surface area contributed by atoms with Crippen molar-refractivity contribution in [1.29, 1.82) is 0 Å². The first kappa shape index (κ1) is 15.7. The van der Waals surface area contributed by atoms with E-state index in [4.69, 9.17) is 12.2 Å². The topological polar surface area (TPSA) is 55.6 Å². The van der Waals surface area contributed by atoms with Crippen LogP contribution in [0.2, 0.25) is 0 Å². The van der Waals surface area contributed by atoms with Crippen LogP contribution in [0.5, 0.6) is 0 Å². The minimum absolute atomic E-state index is 0.00597. The van der Waals surface area contributed by atoms with Gasteiger partial charge in [0.05, 0.1) is 5.56 Å². The summed E-state index contributed by atoms with van der Waals surface area (Å²) >= 11 is 5.32. The maximum atomic E-state index is 12.8. The van der Waals surface area contributed by atoms with Gasteiger partial charge in [-0.1, -0.05) is 6.92 Å². The minimum atomic E-state index is -0.00597. The smallest absolute Gasteiger partial charge is 0.262 e. The maximum Gasteiger partial charge on any atom is 0.262 e. The molecule has 114 valence electrons. The summed E-state index contributed by atoms with van der Waals surface area (Å²) in [5, 5.41) is 7.14. The van der Waals surface area contributed by atoms with Crippen LogP contribution < -0.4 is 5.56 Å². The van der Waals surface area contributed by atoms with E-state index in [1.54, 1.807) is 4.57 Å². The Bertz CT molecular complexity index is 769. The molecule has 1 unspecified atom stereocenters. The summed E-state index contributed by atoms with van der Waals surface area (Å²) in [5.41, 5.74) is 2.53. The van der Waals surface area contributed by atoms with Gasteiger partial charge in [-0.15, -0.1) is 0 Å². The molecule has 0 aliphatic rings. The molecule has 0 radical (unpaired) electrons. The van der Waals surface area contributed by atoms with E-state index in [-0.39, 0.29) is 11.6 Å². The lowest BCUT2D eigenvalue weighted by Crippen LogP contribution is -2.25. The lowest BCUT2D eigenvalue weighted by molar-refractivity contribution is 0.528. The first-order chi connectivity index (χ1) is 9.92. The molecule has 0 aliphatic carbocycles. The van der Waals surface area contributed by atoms with Crippen LogP contribution in [0.25, 0.3) is 11.4 Å². The SMILES string of the molecule is CCC(C)n1c(-c2c(C)cc(C)n(CC)c2=O)n[nH]c1=S. The standard InChI is InChI=1S/C15H22N4OS/c1-6-10(4)19-13(16-17-15(19)21)12-9(3)8-11(5)18(7-2)14(12)20/h8,10H,6-7H2,1-5H3,(H,17,21). The predicted molar refractivity (Wildman–Crippen MR) is 87.3 cm³/mol. The van der Waals surface area contributed by atoms with Crippen LogP contribution in [-0.4, -0.2) is 19.3 Å². The van der Waals surface area contributed by atoms with E-state index in [2.05, 4.69) is 24.0 Å². The van der Waals surface area contributed by atoms with E-state index >= 15 is 0 Å². The van der Waals surface area contributed by atoms with Crippen LogP contribution in [0.3, 0.4) is 0 Å². The number of pyridine rings is 1. The molecule has 2 aromatic heterocycles. The highest BCUT2D eigenvalue weighted by Crippen LogP contribution is 2.23. The van der Waals surface area contributed by atoms with Crippen molar-refractivity contribution in [2.75, 3.05) is 0 Å². The Kier molecular flexibility index (Phi) is 4.46. The van der Waals surface area contributed by atoms with Crippen LogP contribution in [-0.2, 0) is 6.54 Å². The molecular weight excluding hydrogens is 284 g/mol. The number of aromatic amines is 1. The zero-order valence-corrected chi connectivity index (χ0v) is 14.0. The number of aromatic nitrogens is 4. The summed E-state index contributed by atoms with van der Waals surface area (Å²) in [5.74, 6) is 0.638. The van der Waals surface area contributed by atoms with Crippen LogP contribution in [0.15, 0.2) is 10.9 Å². The quantitative estimate of drug-likeness (QED) is 0.881. The number of hydrogen-bond donors (Lipinski definition) is 1. The molecule has 0 saturated carbocycles. The fourth-order valence-electron chi connectivity index (χ4n) is 2.66. The summed E-state index contributed by atoms with van der Waals surface area (Å²) < 4.78 is 4.26. The fourth-order valence-corrected chi connectivity index (χ4v) is 2.98. The summed E-state index contributed by atoms with van der Waals surface area (Å²) in [4.78, 5) is 12.8. The van der Waals surface area contributed by atoms with E-state index in [0.717, 1.165) is 17.7 Å². The average molecular weight is 306 g/mol. The van der Waals surface area contributed by atoms with Crippen LogP contribution in [0.4, 0.5) is 0 Å². The van der Waals surface area contributed by atoms with Gasteiger partial charge in [-0.2, -0.15) is 5.10 Å². The third kappa shape index (κ3) is 2.60. The third-order valence-corrected chi connectivity index (χ3v) is 4.27. The molecule has 6 heteroatoms. The van der Waals surface area contributed by atoms with Crippen molar-refractivity contribution >= 4 is 12.2 Å². The molecule has 0 spiro atoms. The molecule has 1 atom stereocenters. The average Bonchev–Trinajstić information content (AvgIpc) is 2.79. The minimum Gasteiger partial charge on any atom is -0.313 e. The van der Waals surface area contributed by atoms with Gasteiger partial charge in [-0.3, -0.25) is 14.5 Å². The second-order valence-corrected chi connectivity index (χ2v) is 5.76. The number of nitrogens with one attached hydrogen (secondary N) is 1. The molecule has 0 aromatic carbocycles. The van der Waals surface area contributed by atoms with Gasteiger partial charge in [0.2, 0.25) is 0 Å². The molecule has 1 N–H and O–H groups in total. The van der Waals surface area contributed by atoms with Gasteiger partial charge in [-0.05, 0) is 58.0 Å². The molecule has 2 aromatic rings. The Balaban J connectivity index is 2.81. The number of aryl methyl sites for hydroxylation is 2. The van der Waals surface area contributed by atoms with Gasteiger partial charge in [0.15, 0.2) is 10.6 Å². The Morgan fingerprint density at radius 3 is 2.62 bits per heavy atom. The molecule has 0 aliphatic heterocycles. The number of nitrogens with zero attached hydrogens (tertiary/aromatic N) is 3. The Morgan fingerprint density at radius 1 is 1.38 bits per heavy atom. The van der Waals surface area contributed by atoms with Crippen LogP contribution in [0.1, 0.15) is 44.5 Å². The fraction of sp³-hybridized carbons (Fsp3) is 0.533. The predicted octanol–water partition coefficient (Wildman–Crippen LogP) is 3.38. The zero-order valence-electron chi connectivity index (χ0n) is 13.2. The lowest BCUT2D eigenvalue weighted by Gasteiger charge is -2.16. The van der Waals surface area contributed by atoms with Crippen LogP contribution >= 0.6 is 12.2 Å². The van der Waals surface area contributed by atoms with Gasteiger partial charge in [0, 0.05) is 18.3 Å². The van der Waals surface area contributed by atoms with Crippen molar-refractivity contribution < 1.29 is 0 Å². The van der Waals surface area contributed by atoms with E-state index < -0.39 is 0 Å². The highest BCUT2D eigenvalue weighted by molar-refractivity contribution is 7.71. The van der Waals surface area contributed by atoms with E-state index in [1.165, 1.54) is 0 Å². The van der Waals surface area contributed by atoms with E-state index in [1.807, 2.05) is 31.4 Å². The molecule has 2 heterocycles. The normalized spacial score (nSPS) is 12.6.